The normalized spacial score (nSPS) is 10.6. The highest BCUT2D eigenvalue weighted by molar-refractivity contribution is 9.10. The fourth-order valence-corrected chi connectivity index (χ4v) is 1.65. The van der Waals surface area contributed by atoms with Gasteiger partial charge in [0.25, 0.3) is 6.43 Å². The molecule has 0 aliphatic rings. The molecule has 0 atom stereocenters. The van der Waals surface area contributed by atoms with Crippen molar-refractivity contribution < 1.29 is 13.7 Å². The lowest BCUT2D eigenvalue weighted by atomic mass is 10.3. The van der Waals surface area contributed by atoms with Crippen molar-refractivity contribution in [2.24, 2.45) is 0 Å². The first-order valence-electron chi connectivity index (χ1n) is 3.22. The molecule has 0 saturated carbocycles. The molecule has 0 fully saturated rings. The monoisotopic (exact) mass is 286 g/mol. The van der Waals surface area contributed by atoms with Gasteiger partial charge < -0.3 is 0 Å². The Morgan fingerprint density at radius 2 is 2.21 bits per heavy atom. The molecule has 0 N–H and O–H groups in total. The summed E-state index contributed by atoms with van der Waals surface area (Å²) in [7, 11) is 0. The van der Waals surface area contributed by atoms with Gasteiger partial charge in [-0.15, -0.1) is 0 Å². The first-order chi connectivity index (χ1) is 6.43. The predicted octanol–water partition coefficient (Wildman–Crippen LogP) is 3.34. The standard InChI is InChI=1S/C6H2BrClF2N2O2/c7-3-1-2(8)5(12(13)14)4(11-3)6(9)10/h1,6H. The Balaban J connectivity index is 3.44. The lowest BCUT2D eigenvalue weighted by molar-refractivity contribution is -0.386. The van der Waals surface area contributed by atoms with E-state index in [-0.39, 0.29) is 9.63 Å². The van der Waals surface area contributed by atoms with Gasteiger partial charge in [-0.2, -0.15) is 0 Å². The number of rotatable bonds is 2. The van der Waals surface area contributed by atoms with Crippen LogP contribution in [0.4, 0.5) is 14.5 Å². The van der Waals surface area contributed by atoms with Crippen LogP contribution in [0.3, 0.4) is 0 Å². The van der Waals surface area contributed by atoms with Crippen molar-refractivity contribution in [2.75, 3.05) is 0 Å². The van der Waals surface area contributed by atoms with Crippen LogP contribution in [0, 0.1) is 10.1 Å². The van der Waals surface area contributed by atoms with Crippen LogP contribution in [0.25, 0.3) is 0 Å². The van der Waals surface area contributed by atoms with E-state index in [2.05, 4.69) is 20.9 Å². The van der Waals surface area contributed by atoms with Crippen molar-refractivity contribution >= 4 is 33.2 Å². The molecule has 0 saturated heterocycles. The molecule has 8 heteroatoms. The molecule has 0 spiro atoms. The van der Waals surface area contributed by atoms with Crippen molar-refractivity contribution in [3.63, 3.8) is 0 Å². The summed E-state index contributed by atoms with van der Waals surface area (Å²) in [5.41, 5.74) is -1.79. The van der Waals surface area contributed by atoms with Gasteiger partial charge in [-0.05, 0) is 22.0 Å². The third-order valence-corrected chi connectivity index (χ3v) is 2.03. The minimum atomic E-state index is -3.04. The minimum Gasteiger partial charge on any atom is -0.258 e. The Morgan fingerprint density at radius 1 is 1.64 bits per heavy atom. The highest BCUT2D eigenvalue weighted by Gasteiger charge is 2.27. The molecule has 0 unspecified atom stereocenters. The van der Waals surface area contributed by atoms with Gasteiger partial charge in [0.1, 0.15) is 9.63 Å². The average Bonchev–Trinajstić information content (AvgIpc) is 2.01. The molecule has 0 radical (unpaired) electrons. The van der Waals surface area contributed by atoms with Gasteiger partial charge in [0.05, 0.1) is 4.92 Å². The molecule has 1 aromatic heterocycles. The second kappa shape index (κ2) is 4.14. The van der Waals surface area contributed by atoms with Crippen LogP contribution in [0.15, 0.2) is 10.7 Å². The molecular formula is C6H2BrClF2N2O2. The highest BCUT2D eigenvalue weighted by atomic mass is 79.9. The SMILES string of the molecule is O=[N+]([O-])c1c(Cl)cc(Br)nc1C(F)F. The molecule has 1 aromatic rings. The van der Waals surface area contributed by atoms with Crippen molar-refractivity contribution in [2.45, 2.75) is 6.43 Å². The summed E-state index contributed by atoms with van der Waals surface area (Å²) >= 11 is 8.24. The molecule has 0 bridgehead atoms. The summed E-state index contributed by atoms with van der Waals surface area (Å²) in [5, 5.41) is 10.0. The molecule has 76 valence electrons. The van der Waals surface area contributed by atoms with E-state index in [9.17, 15) is 18.9 Å². The Labute approximate surface area is 90.2 Å². The Hall–Kier alpha value is -0.820. The van der Waals surface area contributed by atoms with E-state index in [0.29, 0.717) is 0 Å². The first kappa shape index (κ1) is 11.3. The Bertz CT molecular complexity index is 388. The number of nitro groups is 1. The van der Waals surface area contributed by atoms with Crippen LogP contribution in [-0.4, -0.2) is 9.91 Å². The van der Waals surface area contributed by atoms with Crippen LogP contribution >= 0.6 is 27.5 Å². The lowest BCUT2D eigenvalue weighted by Crippen LogP contribution is -2.00. The van der Waals surface area contributed by atoms with Crippen molar-refractivity contribution in [3.8, 4) is 0 Å². The topological polar surface area (TPSA) is 56.0 Å². The lowest BCUT2D eigenvalue weighted by Gasteiger charge is -2.02. The van der Waals surface area contributed by atoms with Crippen molar-refractivity contribution in [1.82, 2.24) is 4.98 Å². The van der Waals surface area contributed by atoms with E-state index in [1.807, 2.05) is 0 Å². The third kappa shape index (κ3) is 2.16. The maximum atomic E-state index is 12.3. The predicted molar refractivity (Wildman–Crippen MR) is 48.6 cm³/mol. The second-order valence-corrected chi connectivity index (χ2v) is 3.44. The molecular weight excluding hydrogens is 285 g/mol. The van der Waals surface area contributed by atoms with Gasteiger partial charge in [-0.25, -0.2) is 13.8 Å². The number of hydrogen-bond donors (Lipinski definition) is 0. The fourth-order valence-electron chi connectivity index (χ4n) is 0.828. The van der Waals surface area contributed by atoms with Crippen LogP contribution in [0.1, 0.15) is 12.1 Å². The zero-order chi connectivity index (χ0) is 10.9. The minimum absolute atomic E-state index is 0.0309. The second-order valence-electron chi connectivity index (χ2n) is 2.22. The van der Waals surface area contributed by atoms with Crippen LogP contribution in [0.5, 0.6) is 0 Å². The summed E-state index contributed by atoms with van der Waals surface area (Å²) in [6, 6.07) is 1.09. The summed E-state index contributed by atoms with van der Waals surface area (Å²) in [4.78, 5) is 12.7. The molecule has 14 heavy (non-hydrogen) atoms. The molecule has 0 aliphatic heterocycles. The van der Waals surface area contributed by atoms with Gasteiger partial charge >= 0.3 is 5.69 Å². The fraction of sp³-hybridized carbons (Fsp3) is 0.167. The van der Waals surface area contributed by atoms with Gasteiger partial charge in [0.2, 0.25) is 0 Å². The Kier molecular flexibility index (Phi) is 3.33. The zero-order valence-corrected chi connectivity index (χ0v) is 8.72. The van der Waals surface area contributed by atoms with Crippen LogP contribution < -0.4 is 0 Å². The summed E-state index contributed by atoms with van der Waals surface area (Å²) < 4.78 is 24.6. The van der Waals surface area contributed by atoms with Gasteiger partial charge in [-0.3, -0.25) is 10.1 Å². The maximum Gasteiger partial charge on any atom is 0.315 e. The number of alkyl halides is 2. The quantitative estimate of drug-likeness (QED) is 0.476. The number of halogens is 4. The zero-order valence-electron chi connectivity index (χ0n) is 6.38. The molecule has 0 amide bonds. The number of nitrogens with zero attached hydrogens (tertiary/aromatic N) is 2. The van der Waals surface area contributed by atoms with Gasteiger partial charge in [0.15, 0.2) is 5.69 Å². The van der Waals surface area contributed by atoms with E-state index in [0.717, 1.165) is 6.07 Å². The first-order valence-corrected chi connectivity index (χ1v) is 4.39. The van der Waals surface area contributed by atoms with E-state index in [1.165, 1.54) is 0 Å². The maximum absolute atomic E-state index is 12.3. The largest absolute Gasteiger partial charge is 0.315 e. The number of aromatic nitrogens is 1. The molecule has 1 rings (SSSR count). The Morgan fingerprint density at radius 3 is 2.64 bits per heavy atom. The smallest absolute Gasteiger partial charge is 0.258 e. The average molecular weight is 287 g/mol. The van der Waals surface area contributed by atoms with E-state index in [1.54, 1.807) is 0 Å². The number of hydrogen-bond acceptors (Lipinski definition) is 3. The highest BCUT2D eigenvalue weighted by Crippen LogP contribution is 2.34. The summed E-state index contributed by atoms with van der Waals surface area (Å²) in [6.45, 7) is 0. The van der Waals surface area contributed by atoms with E-state index < -0.39 is 22.7 Å². The molecule has 1 heterocycles. The van der Waals surface area contributed by atoms with Gasteiger partial charge in [-0.1, -0.05) is 11.6 Å². The van der Waals surface area contributed by atoms with Gasteiger partial charge in [0, 0.05) is 0 Å². The van der Waals surface area contributed by atoms with E-state index in [4.69, 9.17) is 11.6 Å². The van der Waals surface area contributed by atoms with Crippen molar-refractivity contribution in [3.05, 3.63) is 31.5 Å². The molecule has 0 aliphatic carbocycles. The van der Waals surface area contributed by atoms with Crippen LogP contribution in [0.2, 0.25) is 5.02 Å². The van der Waals surface area contributed by atoms with Crippen LogP contribution in [-0.2, 0) is 0 Å². The molecule has 0 aromatic carbocycles. The summed E-state index contributed by atoms with van der Waals surface area (Å²) in [6.07, 6.45) is -3.04. The third-order valence-electron chi connectivity index (χ3n) is 1.33. The summed E-state index contributed by atoms with van der Waals surface area (Å²) in [5.74, 6) is 0. The van der Waals surface area contributed by atoms with E-state index >= 15 is 0 Å². The molecule has 4 nitrogen and oxygen atoms in total. The van der Waals surface area contributed by atoms with Crippen molar-refractivity contribution in [1.29, 1.82) is 0 Å². The number of pyridine rings is 1.